The summed E-state index contributed by atoms with van der Waals surface area (Å²) < 4.78 is 1.81. The topological polar surface area (TPSA) is 104 Å². The van der Waals surface area contributed by atoms with Crippen LogP contribution in [0.1, 0.15) is 38.2 Å². The van der Waals surface area contributed by atoms with Crippen LogP contribution in [-0.4, -0.2) is 46.7 Å². The normalized spacial score (nSPS) is 17.0. The second-order valence-corrected chi connectivity index (χ2v) is 7.40. The Labute approximate surface area is 163 Å². The molecule has 9 heteroatoms. The van der Waals surface area contributed by atoms with E-state index < -0.39 is 6.03 Å². The molecule has 4 rings (SSSR count). The fourth-order valence-electron chi connectivity index (χ4n) is 3.41. The lowest BCUT2D eigenvalue weighted by Gasteiger charge is -2.18. The molecule has 0 radical (unpaired) electrons. The van der Waals surface area contributed by atoms with Gasteiger partial charge in [0.05, 0.1) is 6.20 Å². The van der Waals surface area contributed by atoms with Crippen molar-refractivity contribution < 1.29 is 9.59 Å². The van der Waals surface area contributed by atoms with E-state index in [2.05, 4.69) is 32.0 Å². The molecule has 148 valence electrons. The van der Waals surface area contributed by atoms with Crippen LogP contribution >= 0.6 is 0 Å². The molecule has 1 aliphatic heterocycles. The highest BCUT2D eigenvalue weighted by Gasteiger charge is 2.22. The Bertz CT molecular complexity index is 910. The first-order valence-corrected chi connectivity index (χ1v) is 9.71. The average molecular weight is 383 g/mol. The highest BCUT2D eigenvalue weighted by atomic mass is 16.2. The summed E-state index contributed by atoms with van der Waals surface area (Å²) in [5.74, 6) is 2.63. The number of amides is 3. The van der Waals surface area contributed by atoms with Gasteiger partial charge in [-0.1, -0.05) is 0 Å². The number of imide groups is 1. The number of carbonyl (C=O) groups excluding carboxylic acids is 2. The SMILES string of the molecule is C/C(=C/c1cnn2c(NCC3CC3)cc(N3CCCC3)nc12)NC(=O)NC=O. The number of urea groups is 1. The average Bonchev–Trinajstić information content (AvgIpc) is 3.16. The highest BCUT2D eigenvalue weighted by Crippen LogP contribution is 2.30. The summed E-state index contributed by atoms with van der Waals surface area (Å²) >= 11 is 0. The van der Waals surface area contributed by atoms with E-state index in [4.69, 9.17) is 4.98 Å². The summed E-state index contributed by atoms with van der Waals surface area (Å²) in [6.45, 7) is 4.72. The standard InChI is InChI=1S/C19H25N7O2/c1-13(23-19(28)21-12-27)8-15-11-22-26-16(20-10-14-4-5-14)9-17(24-18(15)26)25-6-2-3-7-25/h8-9,11-12,14,20H,2-7,10H2,1H3,(H2,21,23,27,28)/b13-8-. The second-order valence-electron chi connectivity index (χ2n) is 7.40. The number of carbonyl (C=O) groups is 2. The summed E-state index contributed by atoms with van der Waals surface area (Å²) in [6, 6.07) is 1.50. The summed E-state index contributed by atoms with van der Waals surface area (Å²) in [4.78, 5) is 29.1. The molecule has 0 aromatic carbocycles. The summed E-state index contributed by atoms with van der Waals surface area (Å²) in [5, 5.41) is 12.7. The van der Waals surface area contributed by atoms with Crippen LogP contribution in [0, 0.1) is 5.92 Å². The Balaban J connectivity index is 1.66. The number of rotatable bonds is 7. The third kappa shape index (κ3) is 4.08. The lowest BCUT2D eigenvalue weighted by atomic mass is 10.2. The maximum atomic E-state index is 11.5. The van der Waals surface area contributed by atoms with Crippen LogP contribution in [0.4, 0.5) is 16.4 Å². The molecule has 0 spiro atoms. The minimum atomic E-state index is -0.572. The van der Waals surface area contributed by atoms with Gasteiger partial charge in [0.2, 0.25) is 6.41 Å². The predicted octanol–water partition coefficient (Wildman–Crippen LogP) is 1.97. The van der Waals surface area contributed by atoms with Crippen molar-refractivity contribution in [2.45, 2.75) is 32.6 Å². The number of aromatic nitrogens is 3. The minimum Gasteiger partial charge on any atom is -0.370 e. The van der Waals surface area contributed by atoms with Gasteiger partial charge in [0.15, 0.2) is 5.65 Å². The number of nitrogens with zero attached hydrogens (tertiary/aromatic N) is 4. The van der Waals surface area contributed by atoms with Gasteiger partial charge in [-0.3, -0.25) is 10.1 Å². The number of allylic oxidation sites excluding steroid dienone is 1. The van der Waals surface area contributed by atoms with Crippen LogP contribution in [-0.2, 0) is 4.79 Å². The maximum absolute atomic E-state index is 11.5. The first-order chi connectivity index (χ1) is 13.6. The maximum Gasteiger partial charge on any atom is 0.325 e. The molecule has 28 heavy (non-hydrogen) atoms. The smallest absolute Gasteiger partial charge is 0.325 e. The van der Waals surface area contributed by atoms with Gasteiger partial charge in [0.1, 0.15) is 11.6 Å². The Kier molecular flexibility index (Phi) is 5.14. The van der Waals surface area contributed by atoms with E-state index in [0.717, 1.165) is 48.4 Å². The van der Waals surface area contributed by atoms with E-state index in [0.29, 0.717) is 12.1 Å². The molecule has 3 N–H and O–H groups in total. The molecule has 0 unspecified atom stereocenters. The molecule has 2 fully saturated rings. The summed E-state index contributed by atoms with van der Waals surface area (Å²) in [7, 11) is 0. The molecule has 1 saturated heterocycles. The lowest BCUT2D eigenvalue weighted by Crippen LogP contribution is -2.33. The van der Waals surface area contributed by atoms with Crippen molar-refractivity contribution in [3.63, 3.8) is 0 Å². The zero-order chi connectivity index (χ0) is 19.5. The van der Waals surface area contributed by atoms with E-state index in [1.165, 1.54) is 25.7 Å². The quantitative estimate of drug-likeness (QED) is 0.632. The van der Waals surface area contributed by atoms with Gasteiger partial charge in [-0.2, -0.15) is 9.61 Å². The Morgan fingerprint density at radius 1 is 1.32 bits per heavy atom. The van der Waals surface area contributed by atoms with Crippen LogP contribution in [0.25, 0.3) is 11.7 Å². The molecule has 9 nitrogen and oxygen atoms in total. The van der Waals surface area contributed by atoms with Gasteiger partial charge in [-0.15, -0.1) is 0 Å². The molecular weight excluding hydrogens is 358 g/mol. The van der Waals surface area contributed by atoms with Gasteiger partial charge in [-0.25, -0.2) is 9.78 Å². The van der Waals surface area contributed by atoms with Gasteiger partial charge in [-0.05, 0) is 44.6 Å². The van der Waals surface area contributed by atoms with Gasteiger partial charge in [0, 0.05) is 37.0 Å². The zero-order valence-corrected chi connectivity index (χ0v) is 15.9. The molecule has 3 heterocycles. The molecule has 1 aliphatic carbocycles. The fourth-order valence-corrected chi connectivity index (χ4v) is 3.41. The highest BCUT2D eigenvalue weighted by molar-refractivity contribution is 5.86. The first kappa shape index (κ1) is 18.3. The summed E-state index contributed by atoms with van der Waals surface area (Å²) in [6.07, 6.45) is 8.80. The number of hydrogen-bond donors (Lipinski definition) is 3. The third-order valence-electron chi connectivity index (χ3n) is 5.06. The minimum absolute atomic E-state index is 0.347. The predicted molar refractivity (Wildman–Crippen MR) is 107 cm³/mol. The van der Waals surface area contributed by atoms with E-state index in [-0.39, 0.29) is 0 Å². The van der Waals surface area contributed by atoms with Crippen molar-refractivity contribution in [3.8, 4) is 0 Å². The van der Waals surface area contributed by atoms with Crippen molar-refractivity contribution in [2.75, 3.05) is 29.9 Å². The van der Waals surface area contributed by atoms with Crippen molar-refractivity contribution in [1.29, 1.82) is 0 Å². The van der Waals surface area contributed by atoms with Crippen LogP contribution in [0.5, 0.6) is 0 Å². The molecule has 3 amide bonds. The molecule has 0 atom stereocenters. The Morgan fingerprint density at radius 2 is 2.11 bits per heavy atom. The number of fused-ring (bicyclic) bond motifs is 1. The third-order valence-corrected chi connectivity index (χ3v) is 5.06. The van der Waals surface area contributed by atoms with Gasteiger partial charge in [0.25, 0.3) is 0 Å². The number of nitrogens with one attached hydrogen (secondary N) is 3. The molecule has 2 aromatic rings. The first-order valence-electron chi connectivity index (χ1n) is 9.71. The molecule has 1 saturated carbocycles. The lowest BCUT2D eigenvalue weighted by molar-refractivity contribution is -0.108. The summed E-state index contributed by atoms with van der Waals surface area (Å²) in [5.41, 5.74) is 2.13. The van der Waals surface area contributed by atoms with Gasteiger partial charge >= 0.3 is 6.03 Å². The number of hydrogen-bond acceptors (Lipinski definition) is 6. The monoisotopic (exact) mass is 383 g/mol. The van der Waals surface area contributed by atoms with E-state index in [9.17, 15) is 9.59 Å². The van der Waals surface area contributed by atoms with Crippen molar-refractivity contribution >= 4 is 35.8 Å². The van der Waals surface area contributed by atoms with E-state index in [1.54, 1.807) is 19.2 Å². The second kappa shape index (κ2) is 7.87. The van der Waals surface area contributed by atoms with Crippen molar-refractivity contribution in [1.82, 2.24) is 25.2 Å². The largest absolute Gasteiger partial charge is 0.370 e. The zero-order valence-electron chi connectivity index (χ0n) is 15.9. The van der Waals surface area contributed by atoms with Crippen molar-refractivity contribution in [3.05, 3.63) is 23.5 Å². The Morgan fingerprint density at radius 3 is 2.82 bits per heavy atom. The fraction of sp³-hybridized carbons (Fsp3) is 0.474. The number of anilines is 2. The molecular formula is C19H25N7O2. The van der Waals surface area contributed by atoms with E-state index in [1.807, 2.05) is 4.52 Å². The van der Waals surface area contributed by atoms with Crippen molar-refractivity contribution in [2.24, 2.45) is 5.92 Å². The Hall–Kier alpha value is -3.10. The van der Waals surface area contributed by atoms with Crippen LogP contribution in [0.3, 0.4) is 0 Å². The van der Waals surface area contributed by atoms with Crippen LogP contribution < -0.4 is 20.9 Å². The van der Waals surface area contributed by atoms with Crippen LogP contribution in [0.2, 0.25) is 0 Å². The molecule has 0 bridgehead atoms. The van der Waals surface area contributed by atoms with Gasteiger partial charge < -0.3 is 15.5 Å². The molecule has 2 aliphatic rings. The van der Waals surface area contributed by atoms with Crippen LogP contribution in [0.15, 0.2) is 18.0 Å². The van der Waals surface area contributed by atoms with E-state index >= 15 is 0 Å². The molecule has 2 aromatic heterocycles.